The molecular formula is C22H28N4O4. The second-order valence-electron chi connectivity index (χ2n) is 7.09. The van der Waals surface area contributed by atoms with E-state index in [4.69, 9.17) is 20.0 Å². The lowest BCUT2D eigenvalue weighted by molar-refractivity contribution is -0.120. The summed E-state index contributed by atoms with van der Waals surface area (Å²) < 4.78 is 10.6. The first kappa shape index (κ1) is 21.6. The molecular weight excluding hydrogens is 384 g/mol. The largest absolute Gasteiger partial charge is 0.495 e. The zero-order valence-corrected chi connectivity index (χ0v) is 17.4. The number of morpholine rings is 1. The van der Waals surface area contributed by atoms with Gasteiger partial charge >= 0.3 is 0 Å². The Morgan fingerprint density at radius 3 is 2.80 bits per heavy atom. The Hall–Kier alpha value is -3.10. The molecule has 1 aliphatic rings. The Labute approximate surface area is 176 Å². The van der Waals surface area contributed by atoms with Crippen LogP contribution in [0.3, 0.4) is 0 Å². The molecule has 8 nitrogen and oxygen atoms in total. The minimum atomic E-state index is -0.350. The van der Waals surface area contributed by atoms with Crippen molar-refractivity contribution in [3.05, 3.63) is 59.2 Å². The Morgan fingerprint density at radius 2 is 2.03 bits per heavy atom. The smallest absolute Gasteiger partial charge is 0.265 e. The Bertz CT molecular complexity index is 894. The van der Waals surface area contributed by atoms with E-state index in [0.717, 1.165) is 49.5 Å². The summed E-state index contributed by atoms with van der Waals surface area (Å²) in [7, 11) is 1.55. The summed E-state index contributed by atoms with van der Waals surface area (Å²) in [6.07, 6.45) is 0. The fourth-order valence-electron chi connectivity index (χ4n) is 3.17. The van der Waals surface area contributed by atoms with Crippen LogP contribution in [-0.2, 0) is 20.9 Å². The van der Waals surface area contributed by atoms with Crippen LogP contribution in [-0.4, -0.2) is 56.7 Å². The van der Waals surface area contributed by atoms with E-state index < -0.39 is 0 Å². The number of aryl methyl sites for hydroxylation is 1. The van der Waals surface area contributed by atoms with Crippen molar-refractivity contribution in [2.24, 2.45) is 10.9 Å². The Kier molecular flexibility index (Phi) is 7.64. The molecule has 0 atom stereocenters. The summed E-state index contributed by atoms with van der Waals surface area (Å²) in [5.74, 6) is 0.449. The summed E-state index contributed by atoms with van der Waals surface area (Å²) in [4.78, 5) is 19.7. The fraction of sp³-hybridized carbons (Fsp3) is 0.364. The predicted molar refractivity (Wildman–Crippen MR) is 116 cm³/mol. The molecule has 0 radical (unpaired) electrons. The van der Waals surface area contributed by atoms with E-state index in [2.05, 4.69) is 21.4 Å². The van der Waals surface area contributed by atoms with Crippen molar-refractivity contribution in [3.8, 4) is 5.75 Å². The quantitative estimate of drug-likeness (QED) is 0.391. The van der Waals surface area contributed by atoms with Crippen molar-refractivity contribution in [2.75, 3.05) is 45.3 Å². The molecule has 0 aromatic heterocycles. The average Bonchev–Trinajstić information content (AvgIpc) is 2.75. The van der Waals surface area contributed by atoms with Crippen molar-refractivity contribution in [2.45, 2.75) is 13.5 Å². The van der Waals surface area contributed by atoms with Crippen LogP contribution >= 0.6 is 0 Å². The van der Waals surface area contributed by atoms with E-state index in [-0.39, 0.29) is 18.3 Å². The third-order valence-electron chi connectivity index (χ3n) is 4.72. The van der Waals surface area contributed by atoms with Gasteiger partial charge in [-0.1, -0.05) is 29.4 Å². The number of amidine groups is 1. The third-order valence-corrected chi connectivity index (χ3v) is 4.72. The zero-order chi connectivity index (χ0) is 21.3. The van der Waals surface area contributed by atoms with Crippen molar-refractivity contribution >= 4 is 17.4 Å². The predicted octanol–water partition coefficient (Wildman–Crippen LogP) is 2.11. The van der Waals surface area contributed by atoms with Gasteiger partial charge in [-0.25, -0.2) is 0 Å². The third kappa shape index (κ3) is 6.20. The molecule has 1 heterocycles. The Morgan fingerprint density at radius 1 is 1.23 bits per heavy atom. The number of nitrogens with zero attached hydrogens (tertiary/aromatic N) is 2. The van der Waals surface area contributed by atoms with Gasteiger partial charge in [0, 0.05) is 25.2 Å². The van der Waals surface area contributed by atoms with Gasteiger partial charge < -0.3 is 25.4 Å². The number of ether oxygens (including phenoxy) is 2. The van der Waals surface area contributed by atoms with Crippen LogP contribution in [0, 0.1) is 6.92 Å². The maximum atomic E-state index is 12.2. The minimum Gasteiger partial charge on any atom is -0.495 e. The number of methoxy groups -OCH3 is 1. The molecule has 8 heteroatoms. The van der Waals surface area contributed by atoms with Gasteiger partial charge in [0.1, 0.15) is 5.75 Å². The van der Waals surface area contributed by atoms with Crippen molar-refractivity contribution in [3.63, 3.8) is 0 Å². The van der Waals surface area contributed by atoms with E-state index in [0.29, 0.717) is 11.4 Å². The zero-order valence-electron chi connectivity index (χ0n) is 17.4. The summed E-state index contributed by atoms with van der Waals surface area (Å²) in [5, 5.41) is 6.65. The number of carbonyl (C=O) groups excluding carboxylic acids is 1. The van der Waals surface area contributed by atoms with Crippen LogP contribution in [0.4, 0.5) is 5.69 Å². The van der Waals surface area contributed by atoms with Crippen LogP contribution in [0.15, 0.2) is 47.6 Å². The maximum absolute atomic E-state index is 12.2. The van der Waals surface area contributed by atoms with E-state index in [9.17, 15) is 4.79 Å². The van der Waals surface area contributed by atoms with Crippen LogP contribution in [0.1, 0.15) is 16.7 Å². The number of rotatable bonds is 8. The molecule has 30 heavy (non-hydrogen) atoms. The second kappa shape index (κ2) is 10.6. The van der Waals surface area contributed by atoms with E-state index in [1.165, 1.54) is 0 Å². The number of nitrogens with two attached hydrogens (primary N) is 1. The molecule has 1 fully saturated rings. The molecule has 1 saturated heterocycles. The minimum absolute atomic E-state index is 0.222. The number of nitrogens with one attached hydrogen (secondary N) is 1. The van der Waals surface area contributed by atoms with E-state index in [1.54, 1.807) is 13.2 Å². The molecule has 0 bridgehead atoms. The number of carbonyl (C=O) groups is 1. The Balaban J connectivity index is 1.54. The van der Waals surface area contributed by atoms with Crippen LogP contribution in [0.5, 0.6) is 5.75 Å². The molecule has 0 saturated carbocycles. The van der Waals surface area contributed by atoms with Gasteiger partial charge in [-0.05, 0) is 36.2 Å². The first-order chi connectivity index (χ1) is 14.5. The van der Waals surface area contributed by atoms with Gasteiger partial charge in [-0.3, -0.25) is 9.69 Å². The van der Waals surface area contributed by atoms with Crippen LogP contribution in [0.2, 0.25) is 0 Å². The standard InChI is InChI=1S/C22H28N4O4/c1-16-6-7-20(28-2)19(12-16)24-21(27)15-30-25-22(23)18-5-3-4-17(13-18)14-26-8-10-29-11-9-26/h3-7,12-13H,8-11,14-15H2,1-2H3,(H2,23,25)(H,24,27). The number of amides is 1. The van der Waals surface area contributed by atoms with Crippen molar-refractivity contribution < 1.29 is 19.1 Å². The molecule has 160 valence electrons. The van der Waals surface area contributed by atoms with Gasteiger partial charge in [-0.15, -0.1) is 0 Å². The lowest BCUT2D eigenvalue weighted by atomic mass is 10.1. The van der Waals surface area contributed by atoms with Crippen LogP contribution < -0.4 is 15.8 Å². The lowest BCUT2D eigenvalue weighted by Gasteiger charge is -2.26. The number of benzene rings is 2. The van der Waals surface area contributed by atoms with Gasteiger partial charge in [0.05, 0.1) is 26.0 Å². The number of anilines is 1. The molecule has 0 spiro atoms. The lowest BCUT2D eigenvalue weighted by Crippen LogP contribution is -2.35. The number of hydrogen-bond donors (Lipinski definition) is 2. The summed E-state index contributed by atoms with van der Waals surface area (Å²) in [5.41, 5.74) is 9.52. The molecule has 0 unspecified atom stereocenters. The summed E-state index contributed by atoms with van der Waals surface area (Å²) in [6.45, 7) is 5.85. The molecule has 3 N–H and O–H groups in total. The van der Waals surface area contributed by atoms with Gasteiger partial charge in [-0.2, -0.15) is 0 Å². The fourth-order valence-corrected chi connectivity index (χ4v) is 3.17. The van der Waals surface area contributed by atoms with Gasteiger partial charge in [0.2, 0.25) is 0 Å². The van der Waals surface area contributed by atoms with Crippen molar-refractivity contribution in [1.29, 1.82) is 0 Å². The maximum Gasteiger partial charge on any atom is 0.265 e. The average molecular weight is 412 g/mol. The highest BCUT2D eigenvalue weighted by molar-refractivity contribution is 5.97. The second-order valence-corrected chi connectivity index (χ2v) is 7.09. The molecule has 1 aliphatic heterocycles. The normalized spacial score (nSPS) is 14.9. The van der Waals surface area contributed by atoms with Crippen LogP contribution in [0.25, 0.3) is 0 Å². The number of hydrogen-bond acceptors (Lipinski definition) is 6. The molecule has 1 amide bonds. The molecule has 2 aromatic carbocycles. The molecule has 2 aromatic rings. The number of oxime groups is 1. The van der Waals surface area contributed by atoms with Gasteiger partial charge in [0.15, 0.2) is 12.4 Å². The first-order valence-corrected chi connectivity index (χ1v) is 9.84. The first-order valence-electron chi connectivity index (χ1n) is 9.84. The topological polar surface area (TPSA) is 98.4 Å². The summed E-state index contributed by atoms with van der Waals surface area (Å²) in [6, 6.07) is 13.4. The summed E-state index contributed by atoms with van der Waals surface area (Å²) >= 11 is 0. The highest BCUT2D eigenvalue weighted by Crippen LogP contribution is 2.25. The highest BCUT2D eigenvalue weighted by atomic mass is 16.6. The van der Waals surface area contributed by atoms with Gasteiger partial charge in [0.25, 0.3) is 5.91 Å². The van der Waals surface area contributed by atoms with Crippen molar-refractivity contribution in [1.82, 2.24) is 4.90 Å². The highest BCUT2D eigenvalue weighted by Gasteiger charge is 2.12. The molecule has 0 aliphatic carbocycles. The monoisotopic (exact) mass is 412 g/mol. The molecule has 3 rings (SSSR count). The van der Waals surface area contributed by atoms with E-state index >= 15 is 0 Å². The van der Waals surface area contributed by atoms with E-state index in [1.807, 2.05) is 37.3 Å². The SMILES string of the molecule is COc1ccc(C)cc1NC(=O)CO/N=C(/N)c1cccc(CN2CCOCC2)c1.